The number of likely N-dealkylation sites (tertiary alicyclic amines) is 1. The summed E-state index contributed by atoms with van der Waals surface area (Å²) in [5, 5.41) is 20.4. The maximum atomic E-state index is 11.2. The van der Waals surface area contributed by atoms with Gasteiger partial charge in [-0.15, -0.1) is 0 Å². The number of quaternary nitrogens is 1. The van der Waals surface area contributed by atoms with E-state index < -0.39 is 12.0 Å². The Labute approximate surface area is 106 Å². The summed E-state index contributed by atoms with van der Waals surface area (Å²) in [5.74, 6) is -0.808. The molecule has 0 bridgehead atoms. The van der Waals surface area contributed by atoms with Gasteiger partial charge in [-0.1, -0.05) is 12.1 Å². The molecule has 0 radical (unpaired) electrons. The summed E-state index contributed by atoms with van der Waals surface area (Å²) in [6.07, 6.45) is 3.67. The molecule has 1 aliphatic heterocycles. The molecule has 0 spiro atoms. The van der Waals surface area contributed by atoms with Crippen molar-refractivity contribution in [2.45, 2.75) is 18.9 Å². The molecule has 1 aromatic carbocycles. The SMILES string of the molecule is C[NH+]1CCCC(=Cc2ccc(O)cc2)C1C(=O)[O-]. The van der Waals surface area contributed by atoms with E-state index >= 15 is 0 Å². The Bertz CT molecular complexity index is 464. The van der Waals surface area contributed by atoms with Gasteiger partial charge >= 0.3 is 0 Å². The highest BCUT2D eigenvalue weighted by molar-refractivity contribution is 5.76. The Hall–Kier alpha value is -1.81. The van der Waals surface area contributed by atoms with Crippen LogP contribution in [0.25, 0.3) is 6.08 Å². The van der Waals surface area contributed by atoms with Crippen LogP contribution in [0.15, 0.2) is 29.8 Å². The number of piperidine rings is 1. The highest BCUT2D eigenvalue weighted by atomic mass is 16.4. The second kappa shape index (κ2) is 5.23. The van der Waals surface area contributed by atoms with E-state index in [-0.39, 0.29) is 5.75 Å². The third-order valence-electron chi connectivity index (χ3n) is 3.38. The molecule has 0 amide bonds. The molecular formula is C14H17NO3. The zero-order valence-corrected chi connectivity index (χ0v) is 10.3. The molecule has 96 valence electrons. The lowest BCUT2D eigenvalue weighted by Crippen LogP contribution is -3.15. The lowest BCUT2D eigenvalue weighted by Gasteiger charge is -2.32. The van der Waals surface area contributed by atoms with Crippen molar-refractivity contribution in [2.24, 2.45) is 0 Å². The lowest BCUT2D eigenvalue weighted by molar-refractivity contribution is -0.897. The number of carboxylic acids is 1. The van der Waals surface area contributed by atoms with Gasteiger partial charge in [-0.05, 0) is 35.8 Å². The fourth-order valence-electron chi connectivity index (χ4n) is 2.47. The molecule has 1 saturated heterocycles. The number of nitrogens with one attached hydrogen (secondary N) is 1. The summed E-state index contributed by atoms with van der Waals surface area (Å²) < 4.78 is 0. The van der Waals surface area contributed by atoms with Gasteiger partial charge in [-0.25, -0.2) is 0 Å². The lowest BCUT2D eigenvalue weighted by atomic mass is 9.94. The number of likely N-dealkylation sites (N-methyl/N-ethyl adjacent to an activating group) is 1. The Kier molecular flexibility index (Phi) is 3.67. The predicted octanol–water partition coefficient (Wildman–Crippen LogP) is -0.797. The van der Waals surface area contributed by atoms with E-state index in [0.717, 1.165) is 35.4 Å². The maximum Gasteiger partial charge on any atom is 0.149 e. The molecule has 1 aromatic rings. The van der Waals surface area contributed by atoms with E-state index in [9.17, 15) is 15.0 Å². The van der Waals surface area contributed by atoms with Crippen molar-refractivity contribution in [1.29, 1.82) is 0 Å². The summed E-state index contributed by atoms with van der Waals surface area (Å²) in [7, 11) is 1.88. The van der Waals surface area contributed by atoms with Crippen LogP contribution < -0.4 is 10.0 Å². The quantitative estimate of drug-likeness (QED) is 0.719. The molecule has 18 heavy (non-hydrogen) atoms. The first-order chi connectivity index (χ1) is 8.58. The third kappa shape index (κ3) is 2.71. The summed E-state index contributed by atoms with van der Waals surface area (Å²) in [6, 6.07) is 6.18. The summed E-state index contributed by atoms with van der Waals surface area (Å²) >= 11 is 0. The molecule has 0 saturated carbocycles. The van der Waals surface area contributed by atoms with Crippen LogP contribution in [0, 0.1) is 0 Å². The van der Waals surface area contributed by atoms with Crippen LogP contribution in [-0.2, 0) is 4.79 Å². The molecule has 1 heterocycles. The second-order valence-electron chi connectivity index (χ2n) is 4.76. The number of hydrogen-bond acceptors (Lipinski definition) is 3. The van der Waals surface area contributed by atoms with Gasteiger partial charge in [0.2, 0.25) is 0 Å². The van der Waals surface area contributed by atoms with E-state index in [2.05, 4.69) is 0 Å². The number of hydrogen-bond donors (Lipinski definition) is 2. The molecule has 0 aromatic heterocycles. The topological polar surface area (TPSA) is 64.8 Å². The minimum Gasteiger partial charge on any atom is -0.544 e. The minimum atomic E-state index is -1.02. The minimum absolute atomic E-state index is 0.208. The largest absolute Gasteiger partial charge is 0.544 e. The van der Waals surface area contributed by atoms with Gasteiger partial charge < -0.3 is 19.9 Å². The molecule has 4 nitrogen and oxygen atoms in total. The molecule has 2 rings (SSSR count). The second-order valence-corrected chi connectivity index (χ2v) is 4.76. The van der Waals surface area contributed by atoms with E-state index in [1.165, 1.54) is 0 Å². The molecule has 2 atom stereocenters. The molecule has 0 aliphatic carbocycles. The smallest absolute Gasteiger partial charge is 0.149 e. The number of benzene rings is 1. The Balaban J connectivity index is 2.28. The third-order valence-corrected chi connectivity index (χ3v) is 3.38. The van der Waals surface area contributed by atoms with Gasteiger partial charge in [0.1, 0.15) is 17.8 Å². The summed E-state index contributed by atoms with van der Waals surface area (Å²) in [6.45, 7) is 0.853. The number of carbonyl (C=O) groups excluding carboxylic acids is 1. The van der Waals surface area contributed by atoms with Crippen LogP contribution in [0.4, 0.5) is 0 Å². The highest BCUT2D eigenvalue weighted by Gasteiger charge is 2.28. The number of phenols is 1. The van der Waals surface area contributed by atoms with Gasteiger partial charge in [-0.2, -0.15) is 0 Å². The van der Waals surface area contributed by atoms with Crippen LogP contribution in [-0.4, -0.2) is 30.7 Å². The van der Waals surface area contributed by atoms with E-state index in [1.807, 2.05) is 13.1 Å². The van der Waals surface area contributed by atoms with Crippen LogP contribution in [0.3, 0.4) is 0 Å². The molecule has 2 N–H and O–H groups in total. The summed E-state index contributed by atoms with van der Waals surface area (Å²) in [4.78, 5) is 12.2. The van der Waals surface area contributed by atoms with Crippen molar-refractivity contribution in [2.75, 3.05) is 13.6 Å². The van der Waals surface area contributed by atoms with Crippen LogP contribution >= 0.6 is 0 Å². The van der Waals surface area contributed by atoms with Crippen LogP contribution in [0.5, 0.6) is 5.75 Å². The first-order valence-electron chi connectivity index (χ1n) is 6.10. The first-order valence-corrected chi connectivity index (χ1v) is 6.10. The fraction of sp³-hybridized carbons (Fsp3) is 0.357. The number of aromatic hydroxyl groups is 1. The zero-order valence-electron chi connectivity index (χ0n) is 10.3. The van der Waals surface area contributed by atoms with E-state index in [1.54, 1.807) is 24.3 Å². The maximum absolute atomic E-state index is 11.2. The molecule has 1 aliphatic rings. The predicted molar refractivity (Wildman–Crippen MR) is 65.9 cm³/mol. The fourth-order valence-corrected chi connectivity index (χ4v) is 2.47. The monoisotopic (exact) mass is 247 g/mol. The molecule has 1 fully saturated rings. The number of carbonyl (C=O) groups is 1. The molecule has 2 unspecified atom stereocenters. The Morgan fingerprint density at radius 1 is 1.44 bits per heavy atom. The van der Waals surface area contributed by atoms with Crippen molar-refractivity contribution < 1.29 is 19.9 Å². The van der Waals surface area contributed by atoms with Crippen molar-refractivity contribution in [3.8, 4) is 5.75 Å². The van der Waals surface area contributed by atoms with Crippen molar-refractivity contribution in [3.05, 3.63) is 35.4 Å². The van der Waals surface area contributed by atoms with Gasteiger partial charge in [0.05, 0.1) is 13.6 Å². The Morgan fingerprint density at radius 2 is 2.11 bits per heavy atom. The summed E-state index contributed by atoms with van der Waals surface area (Å²) in [5.41, 5.74) is 1.80. The van der Waals surface area contributed by atoms with E-state index in [4.69, 9.17) is 0 Å². The van der Waals surface area contributed by atoms with Crippen LogP contribution in [0.2, 0.25) is 0 Å². The first kappa shape index (κ1) is 12.6. The van der Waals surface area contributed by atoms with Crippen molar-refractivity contribution in [3.63, 3.8) is 0 Å². The van der Waals surface area contributed by atoms with Gasteiger partial charge in [0.15, 0.2) is 0 Å². The number of aliphatic carboxylic acids is 1. The molecule has 4 heteroatoms. The standard InChI is InChI=1S/C14H17NO3/c1-15-8-2-3-11(13(15)14(17)18)9-10-4-6-12(16)7-5-10/h4-7,9,13,16H,2-3,8H2,1H3,(H,17,18). The van der Waals surface area contributed by atoms with Gasteiger partial charge in [0.25, 0.3) is 0 Å². The average Bonchev–Trinajstić information content (AvgIpc) is 2.32. The average molecular weight is 247 g/mol. The van der Waals surface area contributed by atoms with Crippen molar-refractivity contribution in [1.82, 2.24) is 0 Å². The number of carboxylic acid groups (broad SMARTS) is 1. The van der Waals surface area contributed by atoms with Gasteiger partial charge in [-0.3, -0.25) is 0 Å². The number of phenolic OH excluding ortho intramolecular Hbond substituents is 1. The van der Waals surface area contributed by atoms with Crippen LogP contribution in [0.1, 0.15) is 18.4 Å². The Morgan fingerprint density at radius 3 is 2.72 bits per heavy atom. The zero-order chi connectivity index (χ0) is 13.1. The number of rotatable bonds is 2. The van der Waals surface area contributed by atoms with E-state index in [0.29, 0.717) is 0 Å². The van der Waals surface area contributed by atoms with Crippen molar-refractivity contribution >= 4 is 12.0 Å². The molecular weight excluding hydrogens is 230 g/mol. The van der Waals surface area contributed by atoms with Gasteiger partial charge in [0, 0.05) is 6.42 Å². The highest BCUT2D eigenvalue weighted by Crippen LogP contribution is 2.18. The normalized spacial score (nSPS) is 26.2.